The third-order valence-corrected chi connectivity index (χ3v) is 2.63. The van der Waals surface area contributed by atoms with Crippen molar-refractivity contribution in [3.63, 3.8) is 0 Å². The second-order valence-corrected chi connectivity index (χ2v) is 3.66. The number of alkyl halides is 2. The maximum Gasteiger partial charge on any atom is 0.272 e. The topological polar surface area (TPSA) is 49.8 Å². The van der Waals surface area contributed by atoms with Gasteiger partial charge in [0.25, 0.3) is 5.92 Å². The Hall–Kier alpha value is -1.54. The molecule has 0 heterocycles. The molecule has 1 saturated carbocycles. The molecule has 1 aromatic rings. The van der Waals surface area contributed by atoms with E-state index >= 15 is 0 Å². The number of nitrogens with two attached hydrogens (primary N) is 1. The van der Waals surface area contributed by atoms with Crippen molar-refractivity contribution in [2.75, 3.05) is 0 Å². The van der Waals surface area contributed by atoms with E-state index < -0.39 is 23.7 Å². The van der Waals surface area contributed by atoms with Crippen LogP contribution in [0.25, 0.3) is 0 Å². The van der Waals surface area contributed by atoms with Gasteiger partial charge in [0, 0.05) is 6.42 Å². The molecule has 5 heteroatoms. The van der Waals surface area contributed by atoms with Crippen LogP contribution in [0.3, 0.4) is 0 Å². The first-order chi connectivity index (χ1) is 6.90. The number of hydrogen-bond donors (Lipinski definition) is 1. The minimum absolute atomic E-state index is 0.102. The molecular formula is C10H7F3N2. The van der Waals surface area contributed by atoms with Gasteiger partial charge in [0.1, 0.15) is 17.4 Å². The van der Waals surface area contributed by atoms with Crippen molar-refractivity contribution < 1.29 is 13.2 Å². The second kappa shape index (κ2) is 2.74. The van der Waals surface area contributed by atoms with Gasteiger partial charge in [-0.25, -0.2) is 13.2 Å². The highest BCUT2D eigenvalue weighted by molar-refractivity contribution is 5.42. The molecule has 0 spiro atoms. The molecule has 1 unspecified atom stereocenters. The lowest BCUT2D eigenvalue weighted by atomic mass is 10.0. The Morgan fingerprint density at radius 2 is 2.00 bits per heavy atom. The first-order valence-electron chi connectivity index (χ1n) is 4.27. The largest absolute Gasteiger partial charge is 0.316 e. The van der Waals surface area contributed by atoms with Crippen molar-refractivity contribution in [3.05, 3.63) is 35.1 Å². The maximum atomic E-state index is 12.9. The molecule has 0 aliphatic heterocycles. The van der Waals surface area contributed by atoms with E-state index in [4.69, 9.17) is 11.0 Å². The number of rotatable bonds is 1. The van der Waals surface area contributed by atoms with Gasteiger partial charge in [-0.2, -0.15) is 5.26 Å². The summed E-state index contributed by atoms with van der Waals surface area (Å²) in [6.07, 6.45) is -0.462. The minimum Gasteiger partial charge on any atom is -0.316 e. The molecule has 1 aliphatic carbocycles. The van der Waals surface area contributed by atoms with Crippen LogP contribution in [0.15, 0.2) is 18.2 Å². The van der Waals surface area contributed by atoms with Crippen molar-refractivity contribution >= 4 is 0 Å². The van der Waals surface area contributed by atoms with Gasteiger partial charge in [-0.1, -0.05) is 6.07 Å². The minimum atomic E-state index is -2.96. The predicted molar refractivity (Wildman–Crippen MR) is 46.5 cm³/mol. The molecule has 1 aliphatic rings. The predicted octanol–water partition coefficient (Wildman–Crippen LogP) is 1.89. The number of nitrogens with zero attached hydrogens (tertiary/aromatic N) is 1. The highest BCUT2D eigenvalue weighted by atomic mass is 19.3. The lowest BCUT2D eigenvalue weighted by molar-refractivity contribution is 0.0891. The Kier molecular flexibility index (Phi) is 1.82. The van der Waals surface area contributed by atoms with Crippen molar-refractivity contribution in [3.8, 4) is 6.07 Å². The molecular weight excluding hydrogens is 205 g/mol. The molecule has 0 amide bonds. The zero-order chi connectivity index (χ0) is 11.3. The summed E-state index contributed by atoms with van der Waals surface area (Å²) in [5.41, 5.74) is 3.55. The fourth-order valence-corrected chi connectivity index (χ4v) is 1.51. The third-order valence-electron chi connectivity index (χ3n) is 2.63. The first-order valence-corrected chi connectivity index (χ1v) is 4.27. The molecule has 1 atom stereocenters. The molecule has 0 radical (unpaired) electrons. The molecule has 2 nitrogen and oxygen atoms in total. The summed E-state index contributed by atoms with van der Waals surface area (Å²) in [5, 5.41) is 8.54. The van der Waals surface area contributed by atoms with Crippen LogP contribution in [-0.4, -0.2) is 5.92 Å². The van der Waals surface area contributed by atoms with Gasteiger partial charge in [-0.05, 0) is 17.7 Å². The van der Waals surface area contributed by atoms with Crippen molar-refractivity contribution in [1.82, 2.24) is 0 Å². The van der Waals surface area contributed by atoms with Gasteiger partial charge in [-0.3, -0.25) is 0 Å². The van der Waals surface area contributed by atoms with Crippen molar-refractivity contribution in [1.29, 1.82) is 5.26 Å². The quantitative estimate of drug-likeness (QED) is 0.772. The Labute approximate surface area is 84.1 Å². The standard InChI is InChI=1S/C10H7F3N2/c11-8-2-1-7(3-6(8)4-14)9(15)5-10(9,12)13/h1-3H,5,15H2. The van der Waals surface area contributed by atoms with Gasteiger partial charge >= 0.3 is 0 Å². The summed E-state index contributed by atoms with van der Waals surface area (Å²) in [7, 11) is 0. The molecule has 78 valence electrons. The normalized spacial score (nSPS) is 27.1. The van der Waals surface area contributed by atoms with Crippen LogP contribution >= 0.6 is 0 Å². The number of hydrogen-bond acceptors (Lipinski definition) is 2. The molecule has 15 heavy (non-hydrogen) atoms. The van der Waals surface area contributed by atoms with E-state index in [-0.39, 0.29) is 11.1 Å². The van der Waals surface area contributed by atoms with E-state index in [0.717, 1.165) is 12.1 Å². The van der Waals surface area contributed by atoms with Crippen LogP contribution in [0, 0.1) is 17.1 Å². The first kappa shape index (κ1) is 9.99. The third kappa shape index (κ3) is 1.29. The fraction of sp³-hybridized carbons (Fsp3) is 0.300. The number of benzene rings is 1. The van der Waals surface area contributed by atoms with Gasteiger partial charge in [0.2, 0.25) is 0 Å². The Bertz CT molecular complexity index is 464. The van der Waals surface area contributed by atoms with E-state index in [1.807, 2.05) is 0 Å². The fourth-order valence-electron chi connectivity index (χ4n) is 1.51. The highest BCUT2D eigenvalue weighted by Crippen LogP contribution is 2.57. The SMILES string of the molecule is N#Cc1cc(C2(N)CC2(F)F)ccc1F. The van der Waals surface area contributed by atoms with Crippen LogP contribution in [0.1, 0.15) is 17.5 Å². The number of nitriles is 1. The zero-order valence-corrected chi connectivity index (χ0v) is 7.60. The molecule has 1 aromatic carbocycles. The molecule has 0 bridgehead atoms. The lowest BCUT2D eigenvalue weighted by Gasteiger charge is -2.10. The smallest absolute Gasteiger partial charge is 0.272 e. The van der Waals surface area contributed by atoms with E-state index in [2.05, 4.69) is 0 Å². The van der Waals surface area contributed by atoms with Crippen molar-refractivity contribution in [2.24, 2.45) is 5.73 Å². The van der Waals surface area contributed by atoms with Crippen LogP contribution in [0.5, 0.6) is 0 Å². The van der Waals surface area contributed by atoms with E-state index in [9.17, 15) is 13.2 Å². The molecule has 1 fully saturated rings. The van der Waals surface area contributed by atoms with E-state index in [0.29, 0.717) is 0 Å². The highest BCUT2D eigenvalue weighted by Gasteiger charge is 2.69. The summed E-state index contributed by atoms with van der Waals surface area (Å²) in [5.74, 6) is -3.69. The Balaban J connectivity index is 2.45. The van der Waals surface area contributed by atoms with Gasteiger partial charge < -0.3 is 5.73 Å². The number of halogens is 3. The summed E-state index contributed by atoms with van der Waals surface area (Å²) < 4.78 is 38.7. The van der Waals surface area contributed by atoms with Gasteiger partial charge in [0.15, 0.2) is 0 Å². The monoisotopic (exact) mass is 212 g/mol. The molecule has 2 N–H and O–H groups in total. The van der Waals surface area contributed by atoms with Crippen LogP contribution < -0.4 is 5.73 Å². The van der Waals surface area contributed by atoms with Crippen LogP contribution in [-0.2, 0) is 5.54 Å². The average Bonchev–Trinajstić information content (AvgIpc) is 2.68. The second-order valence-electron chi connectivity index (χ2n) is 3.66. The average molecular weight is 212 g/mol. The summed E-state index contributed by atoms with van der Waals surface area (Å²) in [6.45, 7) is 0. The summed E-state index contributed by atoms with van der Waals surface area (Å²) >= 11 is 0. The Morgan fingerprint density at radius 3 is 2.47 bits per heavy atom. The lowest BCUT2D eigenvalue weighted by Crippen LogP contribution is -2.27. The summed E-state index contributed by atoms with van der Waals surface area (Å²) in [4.78, 5) is 0. The van der Waals surface area contributed by atoms with Crippen molar-refractivity contribution in [2.45, 2.75) is 17.9 Å². The van der Waals surface area contributed by atoms with E-state index in [1.165, 1.54) is 6.07 Å². The zero-order valence-electron chi connectivity index (χ0n) is 7.60. The Morgan fingerprint density at radius 1 is 1.40 bits per heavy atom. The van der Waals surface area contributed by atoms with Gasteiger partial charge in [-0.15, -0.1) is 0 Å². The van der Waals surface area contributed by atoms with E-state index in [1.54, 1.807) is 6.07 Å². The maximum absolute atomic E-state index is 12.9. The summed E-state index contributed by atoms with van der Waals surface area (Å²) in [6, 6.07) is 4.84. The van der Waals surface area contributed by atoms with Gasteiger partial charge in [0.05, 0.1) is 5.56 Å². The van der Waals surface area contributed by atoms with Crippen LogP contribution in [0.4, 0.5) is 13.2 Å². The molecule has 0 aromatic heterocycles. The molecule has 0 saturated heterocycles. The van der Waals surface area contributed by atoms with Crippen LogP contribution in [0.2, 0.25) is 0 Å². The molecule has 2 rings (SSSR count).